The van der Waals surface area contributed by atoms with E-state index in [1.165, 1.54) is 0 Å². The number of halogens is 4. The molecule has 1 aromatic carbocycles. The molecule has 0 heterocycles. The summed E-state index contributed by atoms with van der Waals surface area (Å²) < 4.78 is 36.3. The van der Waals surface area contributed by atoms with Gasteiger partial charge < -0.3 is 5.73 Å². The second-order valence-corrected chi connectivity index (χ2v) is 4.47. The summed E-state index contributed by atoms with van der Waals surface area (Å²) >= 11 is 3.88. The molecule has 0 aliphatic rings. The van der Waals surface area contributed by atoms with Crippen molar-refractivity contribution in [2.45, 2.75) is 11.1 Å². The van der Waals surface area contributed by atoms with Crippen molar-refractivity contribution in [1.82, 2.24) is 0 Å². The highest BCUT2D eigenvalue weighted by Crippen LogP contribution is 2.33. The fourth-order valence-electron chi connectivity index (χ4n) is 0.794. The Morgan fingerprint density at radius 3 is 2.50 bits per heavy atom. The van der Waals surface area contributed by atoms with Gasteiger partial charge in [-0.1, -0.05) is 0 Å². The molecule has 1 nitrogen and oxygen atoms in total. The average molecular weight is 286 g/mol. The highest BCUT2D eigenvalue weighted by molar-refractivity contribution is 9.10. The predicted molar refractivity (Wildman–Crippen MR) is 55.3 cm³/mol. The van der Waals surface area contributed by atoms with Gasteiger partial charge in [0, 0.05) is 15.1 Å². The number of hydrogen-bond donors (Lipinski definition) is 1. The maximum atomic E-state index is 11.9. The van der Waals surface area contributed by atoms with Crippen LogP contribution in [0.25, 0.3) is 0 Å². The first-order valence-electron chi connectivity index (χ1n) is 3.63. The second kappa shape index (κ2) is 4.44. The van der Waals surface area contributed by atoms with Gasteiger partial charge in [0.25, 0.3) is 0 Å². The zero-order valence-corrected chi connectivity index (χ0v) is 9.34. The van der Waals surface area contributed by atoms with Gasteiger partial charge in [-0.2, -0.15) is 13.2 Å². The van der Waals surface area contributed by atoms with Crippen LogP contribution in [0.3, 0.4) is 0 Å². The molecule has 0 aliphatic carbocycles. The number of alkyl halides is 3. The molecule has 2 N–H and O–H groups in total. The van der Waals surface area contributed by atoms with Crippen LogP contribution in [-0.4, -0.2) is 11.9 Å². The third kappa shape index (κ3) is 3.79. The molecule has 78 valence electrons. The van der Waals surface area contributed by atoms with Crippen LogP contribution in [0, 0.1) is 0 Å². The molecule has 0 spiro atoms. The molecule has 14 heavy (non-hydrogen) atoms. The van der Waals surface area contributed by atoms with Crippen molar-refractivity contribution in [3.8, 4) is 0 Å². The number of thioether (sulfide) groups is 1. The normalized spacial score (nSPS) is 11.7. The van der Waals surface area contributed by atoms with E-state index in [1.807, 2.05) is 0 Å². The summed E-state index contributed by atoms with van der Waals surface area (Å²) in [5, 5.41) is 0. The van der Waals surface area contributed by atoms with E-state index in [4.69, 9.17) is 5.73 Å². The van der Waals surface area contributed by atoms with Gasteiger partial charge in [0.15, 0.2) is 0 Å². The van der Waals surface area contributed by atoms with E-state index in [-0.39, 0.29) is 0 Å². The van der Waals surface area contributed by atoms with E-state index in [9.17, 15) is 13.2 Å². The lowest BCUT2D eigenvalue weighted by molar-refractivity contribution is -0.105. The minimum Gasteiger partial charge on any atom is -0.399 e. The number of hydrogen-bond acceptors (Lipinski definition) is 2. The summed E-state index contributed by atoms with van der Waals surface area (Å²) in [6.07, 6.45) is -4.15. The Balaban J connectivity index is 2.68. The third-order valence-corrected chi connectivity index (χ3v) is 3.40. The Morgan fingerprint density at radius 1 is 1.36 bits per heavy atom. The molecule has 0 saturated heterocycles. The van der Waals surface area contributed by atoms with Gasteiger partial charge in [-0.3, -0.25) is 0 Å². The van der Waals surface area contributed by atoms with Crippen LogP contribution in [-0.2, 0) is 0 Å². The third-order valence-electron chi connectivity index (χ3n) is 1.35. The van der Waals surface area contributed by atoms with E-state index in [2.05, 4.69) is 15.9 Å². The van der Waals surface area contributed by atoms with Crippen molar-refractivity contribution in [2.24, 2.45) is 0 Å². The fraction of sp³-hybridized carbons (Fsp3) is 0.250. The predicted octanol–water partition coefficient (Wildman–Crippen LogP) is 3.69. The van der Waals surface area contributed by atoms with Crippen LogP contribution < -0.4 is 5.73 Å². The number of benzene rings is 1. The summed E-state index contributed by atoms with van der Waals surface area (Å²) in [6.45, 7) is 0. The maximum Gasteiger partial charge on any atom is 0.398 e. The zero-order chi connectivity index (χ0) is 10.8. The highest BCUT2D eigenvalue weighted by atomic mass is 79.9. The summed E-state index contributed by atoms with van der Waals surface area (Å²) in [5.41, 5.74) is 5.97. The van der Waals surface area contributed by atoms with Crippen molar-refractivity contribution in [3.05, 3.63) is 22.7 Å². The topological polar surface area (TPSA) is 26.0 Å². The minimum absolute atomic E-state index is 0.522. The second-order valence-electron chi connectivity index (χ2n) is 2.59. The maximum absolute atomic E-state index is 11.9. The molecule has 0 bridgehead atoms. The lowest BCUT2D eigenvalue weighted by Gasteiger charge is -2.07. The molecule has 0 atom stereocenters. The van der Waals surface area contributed by atoms with Gasteiger partial charge in [0.05, 0.1) is 5.75 Å². The lowest BCUT2D eigenvalue weighted by atomic mass is 10.3. The Labute approximate surface area is 92.0 Å². The molecule has 0 amide bonds. The first-order valence-corrected chi connectivity index (χ1v) is 5.41. The van der Waals surface area contributed by atoms with Crippen LogP contribution in [0.15, 0.2) is 27.6 Å². The summed E-state index contributed by atoms with van der Waals surface area (Å²) in [5.74, 6) is -0.893. The SMILES string of the molecule is Nc1ccc(SCC(F)(F)F)c(Br)c1. The number of nitrogen functional groups attached to an aromatic ring is 1. The lowest BCUT2D eigenvalue weighted by Crippen LogP contribution is -2.10. The molecular weight excluding hydrogens is 279 g/mol. The van der Waals surface area contributed by atoms with Crippen LogP contribution in [0.2, 0.25) is 0 Å². The van der Waals surface area contributed by atoms with Crippen molar-refractivity contribution < 1.29 is 13.2 Å². The molecule has 6 heteroatoms. The van der Waals surface area contributed by atoms with E-state index >= 15 is 0 Å². The van der Waals surface area contributed by atoms with E-state index < -0.39 is 11.9 Å². The number of rotatable bonds is 2. The fourth-order valence-corrected chi connectivity index (χ4v) is 2.21. The quantitative estimate of drug-likeness (QED) is 0.663. The molecule has 0 saturated carbocycles. The van der Waals surface area contributed by atoms with Crippen LogP contribution in [0.1, 0.15) is 0 Å². The van der Waals surface area contributed by atoms with E-state index in [0.717, 1.165) is 11.8 Å². The van der Waals surface area contributed by atoms with Crippen LogP contribution in [0.4, 0.5) is 18.9 Å². The molecular formula is C8H7BrF3NS. The Morgan fingerprint density at radius 2 is 2.00 bits per heavy atom. The monoisotopic (exact) mass is 285 g/mol. The molecule has 0 aliphatic heterocycles. The summed E-state index contributed by atoms with van der Waals surface area (Å²) in [4.78, 5) is 0.538. The van der Waals surface area contributed by atoms with Gasteiger partial charge in [-0.05, 0) is 34.1 Å². The summed E-state index contributed by atoms with van der Waals surface area (Å²) in [6, 6.07) is 4.72. The molecule has 0 fully saturated rings. The van der Waals surface area contributed by atoms with Crippen molar-refractivity contribution in [2.75, 3.05) is 11.5 Å². The first-order chi connectivity index (χ1) is 6.38. The first kappa shape index (κ1) is 11.7. The smallest absolute Gasteiger partial charge is 0.398 e. The molecule has 1 aromatic rings. The van der Waals surface area contributed by atoms with E-state index in [1.54, 1.807) is 18.2 Å². The average Bonchev–Trinajstić information content (AvgIpc) is 2.00. The highest BCUT2D eigenvalue weighted by Gasteiger charge is 2.27. The van der Waals surface area contributed by atoms with Gasteiger partial charge >= 0.3 is 6.18 Å². The molecule has 1 rings (SSSR count). The minimum atomic E-state index is -4.15. The van der Waals surface area contributed by atoms with Crippen molar-refractivity contribution in [3.63, 3.8) is 0 Å². The molecule has 0 aromatic heterocycles. The van der Waals surface area contributed by atoms with Gasteiger partial charge in [0.1, 0.15) is 0 Å². The van der Waals surface area contributed by atoms with E-state index in [0.29, 0.717) is 15.1 Å². The van der Waals surface area contributed by atoms with Crippen LogP contribution in [0.5, 0.6) is 0 Å². The zero-order valence-electron chi connectivity index (χ0n) is 6.94. The molecule has 0 unspecified atom stereocenters. The standard InChI is InChI=1S/C8H7BrF3NS/c9-6-3-5(13)1-2-7(6)14-4-8(10,11)12/h1-3H,4,13H2. The van der Waals surface area contributed by atoms with Gasteiger partial charge in [-0.25, -0.2) is 0 Å². The number of anilines is 1. The Bertz CT molecular complexity index is 327. The largest absolute Gasteiger partial charge is 0.399 e. The molecule has 0 radical (unpaired) electrons. The number of nitrogens with two attached hydrogens (primary N) is 1. The van der Waals surface area contributed by atoms with Crippen LogP contribution >= 0.6 is 27.7 Å². The van der Waals surface area contributed by atoms with Crippen molar-refractivity contribution >= 4 is 33.4 Å². The summed E-state index contributed by atoms with van der Waals surface area (Å²) in [7, 11) is 0. The van der Waals surface area contributed by atoms with Crippen molar-refractivity contribution in [1.29, 1.82) is 0 Å². The Kier molecular flexibility index (Phi) is 3.71. The van der Waals surface area contributed by atoms with Gasteiger partial charge in [0.2, 0.25) is 0 Å². The van der Waals surface area contributed by atoms with Gasteiger partial charge in [-0.15, -0.1) is 11.8 Å². The Hall–Kier alpha value is -0.360.